The largest absolute Gasteiger partial charge is 0.324 e. The predicted octanol–water partition coefficient (Wildman–Crippen LogP) is 7.36. The SMILES string of the molecule is O=C(CSc1ccc2ccccc2c1)Nc1ccc([N+](=O)[O-])cc1NC(=O)CSc1ccc2ccccc2c1. The van der Waals surface area contributed by atoms with Gasteiger partial charge in [-0.1, -0.05) is 60.7 Å². The summed E-state index contributed by atoms with van der Waals surface area (Å²) < 4.78 is 0. The Morgan fingerprint density at radius 1 is 0.615 bits per heavy atom. The molecule has 9 heteroatoms. The second kappa shape index (κ2) is 12.0. The van der Waals surface area contributed by atoms with Gasteiger partial charge in [0.15, 0.2) is 0 Å². The number of nitrogens with zero attached hydrogens (tertiary/aromatic N) is 1. The molecule has 5 rings (SSSR count). The summed E-state index contributed by atoms with van der Waals surface area (Å²) in [7, 11) is 0. The van der Waals surface area contributed by atoms with E-state index in [2.05, 4.69) is 10.6 Å². The Labute approximate surface area is 233 Å². The summed E-state index contributed by atoms with van der Waals surface area (Å²) in [4.78, 5) is 38.2. The Morgan fingerprint density at radius 2 is 1.10 bits per heavy atom. The minimum absolute atomic E-state index is 0.103. The van der Waals surface area contributed by atoms with Gasteiger partial charge in [-0.2, -0.15) is 0 Å². The van der Waals surface area contributed by atoms with Gasteiger partial charge in [-0.3, -0.25) is 19.7 Å². The molecule has 0 heterocycles. The number of anilines is 2. The van der Waals surface area contributed by atoms with E-state index in [0.29, 0.717) is 5.69 Å². The smallest absolute Gasteiger partial charge is 0.271 e. The fourth-order valence-electron chi connectivity index (χ4n) is 4.04. The van der Waals surface area contributed by atoms with Gasteiger partial charge < -0.3 is 10.6 Å². The number of thioether (sulfide) groups is 2. The van der Waals surface area contributed by atoms with Gasteiger partial charge in [0.1, 0.15) is 0 Å². The van der Waals surface area contributed by atoms with Crippen molar-refractivity contribution in [1.82, 2.24) is 0 Å². The Balaban J connectivity index is 1.23. The first-order valence-corrected chi connectivity index (χ1v) is 14.0. The van der Waals surface area contributed by atoms with E-state index in [1.807, 2.05) is 84.9 Å². The fourth-order valence-corrected chi connectivity index (χ4v) is 5.53. The van der Waals surface area contributed by atoms with Crippen molar-refractivity contribution in [2.45, 2.75) is 9.79 Å². The van der Waals surface area contributed by atoms with Crippen LogP contribution in [0.2, 0.25) is 0 Å². The highest BCUT2D eigenvalue weighted by Crippen LogP contribution is 2.29. The normalized spacial score (nSPS) is 10.9. The molecule has 0 aromatic heterocycles. The second-order valence-corrected chi connectivity index (χ2v) is 10.8. The third kappa shape index (κ3) is 6.76. The van der Waals surface area contributed by atoms with Crippen LogP contribution < -0.4 is 10.6 Å². The van der Waals surface area contributed by atoms with Crippen LogP contribution in [0.15, 0.2) is 113 Å². The molecule has 0 bridgehead atoms. The third-order valence-corrected chi connectivity index (χ3v) is 7.93. The van der Waals surface area contributed by atoms with E-state index < -0.39 is 4.92 Å². The Bertz CT molecular complexity index is 1710. The highest BCUT2D eigenvalue weighted by Gasteiger charge is 2.16. The van der Waals surface area contributed by atoms with Crippen LogP contribution in [0.4, 0.5) is 17.1 Å². The number of carbonyl (C=O) groups is 2. The number of amides is 2. The minimum atomic E-state index is -0.541. The molecule has 0 unspecified atom stereocenters. The van der Waals surface area contributed by atoms with E-state index >= 15 is 0 Å². The molecule has 0 fully saturated rings. The van der Waals surface area contributed by atoms with Crippen molar-refractivity contribution in [2.24, 2.45) is 0 Å². The number of nitrogens with one attached hydrogen (secondary N) is 2. The Kier molecular flexibility index (Phi) is 8.10. The molecule has 2 N–H and O–H groups in total. The van der Waals surface area contributed by atoms with Gasteiger partial charge in [0.2, 0.25) is 11.8 Å². The summed E-state index contributed by atoms with van der Waals surface area (Å²) in [5.41, 5.74) is 0.294. The molecule has 7 nitrogen and oxygen atoms in total. The van der Waals surface area contributed by atoms with Crippen molar-refractivity contribution in [3.63, 3.8) is 0 Å². The van der Waals surface area contributed by atoms with Crippen LogP contribution in [-0.2, 0) is 9.59 Å². The molecule has 0 aliphatic rings. The summed E-state index contributed by atoms with van der Waals surface area (Å²) in [5, 5.41) is 21.2. The molecule has 0 spiro atoms. The van der Waals surface area contributed by atoms with E-state index in [4.69, 9.17) is 0 Å². The quantitative estimate of drug-likeness (QED) is 0.112. The van der Waals surface area contributed by atoms with Gasteiger partial charge in [0.05, 0.1) is 27.8 Å². The third-order valence-electron chi connectivity index (χ3n) is 5.94. The monoisotopic (exact) mass is 553 g/mol. The van der Waals surface area contributed by atoms with Gasteiger partial charge >= 0.3 is 0 Å². The number of hydrogen-bond donors (Lipinski definition) is 2. The maximum atomic E-state index is 12.8. The zero-order chi connectivity index (χ0) is 27.2. The molecule has 2 amide bonds. The zero-order valence-corrected chi connectivity index (χ0v) is 22.3. The summed E-state index contributed by atoms with van der Waals surface area (Å²) in [6.07, 6.45) is 0. The van der Waals surface area contributed by atoms with E-state index in [0.717, 1.165) is 31.3 Å². The molecule has 0 aliphatic carbocycles. The van der Waals surface area contributed by atoms with Crippen molar-refractivity contribution >= 4 is 73.9 Å². The number of benzene rings is 5. The van der Waals surface area contributed by atoms with E-state index in [1.165, 1.54) is 41.7 Å². The number of carbonyl (C=O) groups excluding carboxylic acids is 2. The molecule has 39 heavy (non-hydrogen) atoms. The highest BCUT2D eigenvalue weighted by atomic mass is 32.2. The molecule has 0 saturated carbocycles. The summed E-state index contributed by atoms with van der Waals surface area (Å²) in [6.45, 7) is 0. The average molecular weight is 554 g/mol. The van der Waals surface area contributed by atoms with Crippen LogP contribution in [0, 0.1) is 10.1 Å². The van der Waals surface area contributed by atoms with Gasteiger partial charge in [0.25, 0.3) is 5.69 Å². The number of rotatable bonds is 9. The van der Waals surface area contributed by atoms with Crippen molar-refractivity contribution in [2.75, 3.05) is 22.1 Å². The lowest BCUT2D eigenvalue weighted by atomic mass is 10.1. The van der Waals surface area contributed by atoms with Gasteiger partial charge in [-0.25, -0.2) is 0 Å². The lowest BCUT2D eigenvalue weighted by molar-refractivity contribution is -0.384. The molecular weight excluding hydrogens is 530 g/mol. The first-order chi connectivity index (χ1) is 18.9. The number of hydrogen-bond acceptors (Lipinski definition) is 6. The maximum absolute atomic E-state index is 12.8. The highest BCUT2D eigenvalue weighted by molar-refractivity contribution is 8.00. The minimum Gasteiger partial charge on any atom is -0.324 e. The van der Waals surface area contributed by atoms with Crippen molar-refractivity contribution in [3.05, 3.63) is 113 Å². The van der Waals surface area contributed by atoms with Crippen LogP contribution in [0.25, 0.3) is 21.5 Å². The van der Waals surface area contributed by atoms with E-state index in [9.17, 15) is 19.7 Å². The topological polar surface area (TPSA) is 101 Å². The molecule has 194 valence electrons. The molecule has 0 saturated heterocycles. The molecule has 5 aromatic carbocycles. The summed E-state index contributed by atoms with van der Waals surface area (Å²) in [5.74, 6) is -0.384. The maximum Gasteiger partial charge on any atom is 0.271 e. The molecule has 0 atom stereocenters. The van der Waals surface area contributed by atoms with E-state index in [1.54, 1.807) is 0 Å². The van der Waals surface area contributed by atoms with Crippen LogP contribution in [0.3, 0.4) is 0 Å². The van der Waals surface area contributed by atoms with Crippen LogP contribution in [0.1, 0.15) is 0 Å². The fraction of sp³-hybridized carbons (Fsp3) is 0.0667. The predicted molar refractivity (Wildman–Crippen MR) is 160 cm³/mol. The van der Waals surface area contributed by atoms with Crippen LogP contribution >= 0.6 is 23.5 Å². The average Bonchev–Trinajstić information content (AvgIpc) is 2.95. The van der Waals surface area contributed by atoms with Crippen LogP contribution in [-0.4, -0.2) is 28.2 Å². The molecule has 5 aromatic rings. The molecule has 0 radical (unpaired) electrons. The zero-order valence-electron chi connectivity index (χ0n) is 20.6. The van der Waals surface area contributed by atoms with Crippen molar-refractivity contribution in [1.29, 1.82) is 0 Å². The lowest BCUT2D eigenvalue weighted by Crippen LogP contribution is -2.19. The standard InChI is InChI=1S/C30H23N3O4S2/c34-29(18-38-25-12-9-20-5-1-3-7-22(20)15-25)31-27-14-11-24(33(36)37)17-28(27)32-30(35)19-39-26-13-10-21-6-2-4-8-23(21)16-26/h1-17H,18-19H2,(H,31,34)(H,32,35). The summed E-state index contributed by atoms with van der Waals surface area (Å²) >= 11 is 2.75. The van der Waals surface area contributed by atoms with Gasteiger partial charge in [-0.15, -0.1) is 23.5 Å². The van der Waals surface area contributed by atoms with Crippen molar-refractivity contribution in [3.8, 4) is 0 Å². The number of fused-ring (bicyclic) bond motifs is 2. The first kappa shape index (κ1) is 26.3. The number of nitro benzene ring substituents is 1. The van der Waals surface area contributed by atoms with Gasteiger partial charge in [-0.05, 0) is 51.9 Å². The summed E-state index contributed by atoms with van der Waals surface area (Å²) in [6, 6.07) is 31.9. The Hall–Kier alpha value is -4.34. The molecular formula is C30H23N3O4S2. The first-order valence-electron chi connectivity index (χ1n) is 12.1. The second-order valence-electron chi connectivity index (χ2n) is 8.68. The Morgan fingerprint density at radius 3 is 1.62 bits per heavy atom. The van der Waals surface area contributed by atoms with Crippen molar-refractivity contribution < 1.29 is 14.5 Å². The lowest BCUT2D eigenvalue weighted by Gasteiger charge is -2.13. The number of non-ortho nitro benzene ring substituents is 1. The number of nitro groups is 1. The molecule has 0 aliphatic heterocycles. The van der Waals surface area contributed by atoms with Gasteiger partial charge in [0, 0.05) is 21.9 Å². The van der Waals surface area contributed by atoms with Crippen LogP contribution in [0.5, 0.6) is 0 Å². The van der Waals surface area contributed by atoms with E-state index in [-0.39, 0.29) is 34.7 Å².